The molecule has 0 fully saturated rings. The van der Waals surface area contributed by atoms with Crippen LogP contribution in [0.2, 0.25) is 0 Å². The fourth-order valence-electron chi connectivity index (χ4n) is 2.19. The molecule has 0 atom stereocenters. The highest BCUT2D eigenvalue weighted by molar-refractivity contribution is 5.36. The highest BCUT2D eigenvalue weighted by Gasteiger charge is 2.01. The first kappa shape index (κ1) is 15.2. The molecule has 1 rings (SSSR count). The molecule has 2 N–H and O–H groups in total. The van der Waals surface area contributed by atoms with Gasteiger partial charge in [-0.2, -0.15) is 0 Å². The summed E-state index contributed by atoms with van der Waals surface area (Å²) in [4.78, 5) is 0. The van der Waals surface area contributed by atoms with Crippen LogP contribution in [0.3, 0.4) is 0 Å². The van der Waals surface area contributed by atoms with Gasteiger partial charge in [-0.15, -0.1) is 0 Å². The van der Waals surface area contributed by atoms with E-state index < -0.39 is 0 Å². The van der Waals surface area contributed by atoms with Crippen LogP contribution in [0.4, 0.5) is 0 Å². The summed E-state index contributed by atoms with van der Waals surface area (Å²) in [7, 11) is 2.01. The van der Waals surface area contributed by atoms with Crippen LogP contribution in [0.25, 0.3) is 0 Å². The third-order valence-electron chi connectivity index (χ3n) is 3.55. The van der Waals surface area contributed by atoms with Gasteiger partial charge in [0.15, 0.2) is 0 Å². The zero-order chi connectivity index (χ0) is 13.4. The molecule has 0 bridgehead atoms. The molecule has 0 amide bonds. The van der Waals surface area contributed by atoms with Crippen molar-refractivity contribution < 1.29 is 0 Å². The molecule has 0 spiro atoms. The highest BCUT2D eigenvalue weighted by atomic mass is 14.8. The molecule has 0 heterocycles. The molecule has 2 nitrogen and oxygen atoms in total. The molecule has 0 unspecified atom stereocenters. The second-order valence-corrected chi connectivity index (χ2v) is 5.17. The first-order valence-electron chi connectivity index (χ1n) is 7.07. The lowest BCUT2D eigenvalue weighted by Gasteiger charge is -2.10. The Labute approximate surface area is 112 Å². The van der Waals surface area contributed by atoms with Gasteiger partial charge < -0.3 is 10.6 Å². The molecule has 0 saturated heterocycles. The van der Waals surface area contributed by atoms with Gasteiger partial charge in [0.1, 0.15) is 0 Å². The van der Waals surface area contributed by atoms with Crippen LogP contribution in [-0.4, -0.2) is 26.7 Å². The number of aryl methyl sites for hydroxylation is 3. The van der Waals surface area contributed by atoms with Crippen molar-refractivity contribution >= 4 is 0 Å². The Morgan fingerprint density at radius 2 is 1.50 bits per heavy atom. The van der Waals surface area contributed by atoms with Crippen molar-refractivity contribution in [3.8, 4) is 0 Å². The van der Waals surface area contributed by atoms with E-state index in [1.807, 2.05) is 7.05 Å². The van der Waals surface area contributed by atoms with Crippen molar-refractivity contribution in [1.82, 2.24) is 10.6 Å². The first-order valence-corrected chi connectivity index (χ1v) is 7.07. The van der Waals surface area contributed by atoms with E-state index in [9.17, 15) is 0 Å². The molecule has 1 aromatic carbocycles. The maximum absolute atomic E-state index is 3.53. The SMILES string of the molecule is CNCCCCNCCc1cc(C)c(C)cc1C. The van der Waals surface area contributed by atoms with Gasteiger partial charge in [0.2, 0.25) is 0 Å². The lowest BCUT2D eigenvalue weighted by Crippen LogP contribution is -2.20. The average molecular weight is 248 g/mol. The topological polar surface area (TPSA) is 24.1 Å². The van der Waals surface area contributed by atoms with E-state index in [2.05, 4.69) is 43.5 Å². The summed E-state index contributed by atoms with van der Waals surface area (Å²) in [5, 5.41) is 6.70. The second kappa shape index (κ2) is 8.28. The summed E-state index contributed by atoms with van der Waals surface area (Å²) in [6, 6.07) is 4.64. The minimum absolute atomic E-state index is 1.09. The highest BCUT2D eigenvalue weighted by Crippen LogP contribution is 2.15. The van der Waals surface area contributed by atoms with Crippen LogP contribution < -0.4 is 10.6 Å². The minimum Gasteiger partial charge on any atom is -0.320 e. The van der Waals surface area contributed by atoms with E-state index in [1.54, 1.807) is 0 Å². The summed E-state index contributed by atoms with van der Waals surface area (Å²) in [6.45, 7) is 9.94. The van der Waals surface area contributed by atoms with Crippen molar-refractivity contribution in [2.45, 2.75) is 40.0 Å². The standard InChI is InChI=1S/C16H28N2/c1-13-11-15(3)16(12-14(13)2)7-10-18-9-6-5-8-17-4/h11-12,17-18H,5-10H2,1-4H3. The Morgan fingerprint density at radius 3 is 2.22 bits per heavy atom. The molecule has 0 aliphatic rings. The van der Waals surface area contributed by atoms with Gasteiger partial charge in [-0.05, 0) is 89.0 Å². The Kier molecular flexibility index (Phi) is 6.99. The van der Waals surface area contributed by atoms with Crippen LogP contribution in [0, 0.1) is 20.8 Å². The maximum atomic E-state index is 3.53. The number of benzene rings is 1. The van der Waals surface area contributed by atoms with E-state index in [0.717, 1.165) is 26.1 Å². The summed E-state index contributed by atoms with van der Waals surface area (Å²) < 4.78 is 0. The summed E-state index contributed by atoms with van der Waals surface area (Å²) in [6.07, 6.45) is 3.65. The monoisotopic (exact) mass is 248 g/mol. The minimum atomic E-state index is 1.09. The third kappa shape index (κ3) is 5.19. The molecular formula is C16H28N2. The van der Waals surface area contributed by atoms with E-state index in [4.69, 9.17) is 0 Å². The molecule has 2 heteroatoms. The van der Waals surface area contributed by atoms with Gasteiger partial charge in [0.25, 0.3) is 0 Å². The third-order valence-corrected chi connectivity index (χ3v) is 3.55. The fraction of sp³-hybridized carbons (Fsp3) is 0.625. The predicted molar refractivity (Wildman–Crippen MR) is 80.4 cm³/mol. The lowest BCUT2D eigenvalue weighted by atomic mass is 9.99. The molecule has 0 radical (unpaired) electrons. The number of hydrogen-bond acceptors (Lipinski definition) is 2. The smallest absolute Gasteiger partial charge is 0.000825 e. The first-order chi connectivity index (χ1) is 8.65. The Hall–Kier alpha value is -0.860. The van der Waals surface area contributed by atoms with Crippen LogP contribution in [-0.2, 0) is 6.42 Å². The Morgan fingerprint density at radius 1 is 0.833 bits per heavy atom. The zero-order valence-corrected chi connectivity index (χ0v) is 12.4. The maximum Gasteiger partial charge on any atom is -0.000825 e. The van der Waals surface area contributed by atoms with Crippen molar-refractivity contribution in [1.29, 1.82) is 0 Å². The van der Waals surface area contributed by atoms with Gasteiger partial charge in [-0.25, -0.2) is 0 Å². The van der Waals surface area contributed by atoms with Gasteiger partial charge in [0.05, 0.1) is 0 Å². The molecule has 0 saturated carbocycles. The number of rotatable bonds is 8. The van der Waals surface area contributed by atoms with Crippen LogP contribution in [0.1, 0.15) is 35.1 Å². The molecule has 102 valence electrons. The second-order valence-electron chi connectivity index (χ2n) is 5.17. The fourth-order valence-corrected chi connectivity index (χ4v) is 2.19. The van der Waals surface area contributed by atoms with Gasteiger partial charge in [-0.1, -0.05) is 12.1 Å². The van der Waals surface area contributed by atoms with E-state index >= 15 is 0 Å². The molecule has 0 aliphatic heterocycles. The molecule has 18 heavy (non-hydrogen) atoms. The molecule has 0 aliphatic carbocycles. The summed E-state index contributed by atoms with van der Waals surface area (Å²) in [5.74, 6) is 0. The van der Waals surface area contributed by atoms with Crippen molar-refractivity contribution in [2.75, 3.05) is 26.7 Å². The average Bonchev–Trinajstić information content (AvgIpc) is 2.34. The quantitative estimate of drug-likeness (QED) is 0.691. The van der Waals surface area contributed by atoms with E-state index in [-0.39, 0.29) is 0 Å². The van der Waals surface area contributed by atoms with Crippen molar-refractivity contribution in [2.24, 2.45) is 0 Å². The number of nitrogens with one attached hydrogen (secondary N) is 2. The molecule has 0 aromatic heterocycles. The van der Waals surface area contributed by atoms with Gasteiger partial charge >= 0.3 is 0 Å². The van der Waals surface area contributed by atoms with Crippen LogP contribution in [0.15, 0.2) is 12.1 Å². The van der Waals surface area contributed by atoms with E-state index in [1.165, 1.54) is 35.1 Å². The summed E-state index contributed by atoms with van der Waals surface area (Å²) >= 11 is 0. The Bertz CT molecular complexity index is 358. The summed E-state index contributed by atoms with van der Waals surface area (Å²) in [5.41, 5.74) is 5.72. The van der Waals surface area contributed by atoms with Crippen LogP contribution >= 0.6 is 0 Å². The normalized spacial score (nSPS) is 10.9. The van der Waals surface area contributed by atoms with Gasteiger partial charge in [-0.3, -0.25) is 0 Å². The molecular weight excluding hydrogens is 220 g/mol. The largest absolute Gasteiger partial charge is 0.320 e. The Balaban J connectivity index is 2.25. The van der Waals surface area contributed by atoms with Crippen molar-refractivity contribution in [3.05, 3.63) is 34.4 Å². The van der Waals surface area contributed by atoms with E-state index in [0.29, 0.717) is 0 Å². The lowest BCUT2D eigenvalue weighted by molar-refractivity contribution is 0.605. The van der Waals surface area contributed by atoms with Gasteiger partial charge in [0, 0.05) is 0 Å². The predicted octanol–water partition coefficient (Wildman–Crippen LogP) is 2.74. The van der Waals surface area contributed by atoms with Crippen molar-refractivity contribution in [3.63, 3.8) is 0 Å². The van der Waals surface area contributed by atoms with Crippen LogP contribution in [0.5, 0.6) is 0 Å². The molecule has 1 aromatic rings. The number of hydrogen-bond donors (Lipinski definition) is 2. The zero-order valence-electron chi connectivity index (χ0n) is 12.4. The number of unbranched alkanes of at least 4 members (excludes halogenated alkanes) is 1.